The summed E-state index contributed by atoms with van der Waals surface area (Å²) in [6.45, 7) is 2.58. The van der Waals surface area contributed by atoms with Gasteiger partial charge in [-0.05, 0) is 32.0 Å². The second-order valence-corrected chi connectivity index (χ2v) is 3.89. The minimum atomic E-state index is 0.325. The first-order valence-electron chi connectivity index (χ1n) is 5.45. The van der Waals surface area contributed by atoms with Gasteiger partial charge in [0.05, 0.1) is 12.7 Å². The highest BCUT2D eigenvalue weighted by Crippen LogP contribution is 2.18. The Kier molecular flexibility index (Phi) is 3.59. The molecular weight excluding hydrogens is 190 g/mol. The van der Waals surface area contributed by atoms with Crippen molar-refractivity contribution in [1.82, 2.24) is 5.32 Å². The molecule has 1 aliphatic rings. The van der Waals surface area contributed by atoms with Crippen LogP contribution in [-0.2, 0) is 11.3 Å². The second-order valence-electron chi connectivity index (χ2n) is 3.89. The van der Waals surface area contributed by atoms with Crippen molar-refractivity contribution in [2.24, 2.45) is 0 Å². The number of phenolic OH excluding ortho intramolecular Hbond substituents is 1. The van der Waals surface area contributed by atoms with Crippen LogP contribution in [0.2, 0.25) is 0 Å². The molecule has 1 heterocycles. The quantitative estimate of drug-likeness (QED) is 0.792. The lowest BCUT2D eigenvalue weighted by molar-refractivity contribution is 0.0204. The molecule has 2 rings (SSSR count). The Morgan fingerprint density at radius 2 is 2.00 bits per heavy atom. The van der Waals surface area contributed by atoms with Gasteiger partial charge in [-0.15, -0.1) is 0 Å². The largest absolute Gasteiger partial charge is 0.508 e. The highest BCUT2D eigenvalue weighted by molar-refractivity contribution is 5.30. The Balaban J connectivity index is 1.84. The molecule has 3 nitrogen and oxygen atoms in total. The third-order valence-electron chi connectivity index (χ3n) is 2.75. The number of hydrogen-bond acceptors (Lipinski definition) is 3. The van der Waals surface area contributed by atoms with Crippen molar-refractivity contribution in [1.29, 1.82) is 0 Å². The van der Waals surface area contributed by atoms with Crippen molar-refractivity contribution in [3.05, 3.63) is 29.8 Å². The maximum atomic E-state index is 9.55. The predicted molar refractivity (Wildman–Crippen MR) is 58.8 cm³/mol. The van der Waals surface area contributed by atoms with Crippen LogP contribution in [0, 0.1) is 0 Å². The number of hydrogen-bond donors (Lipinski definition) is 2. The number of ether oxygens (including phenoxy) is 1. The summed E-state index contributed by atoms with van der Waals surface area (Å²) >= 11 is 0. The lowest BCUT2D eigenvalue weighted by atomic mass is 10.1. The number of rotatable bonds is 3. The third kappa shape index (κ3) is 2.94. The molecule has 0 unspecified atom stereocenters. The van der Waals surface area contributed by atoms with E-state index < -0.39 is 0 Å². The van der Waals surface area contributed by atoms with Crippen molar-refractivity contribution >= 4 is 0 Å². The zero-order chi connectivity index (χ0) is 10.5. The molecule has 3 heteroatoms. The smallest absolute Gasteiger partial charge is 0.121 e. The van der Waals surface area contributed by atoms with E-state index in [2.05, 4.69) is 5.32 Å². The van der Waals surface area contributed by atoms with Crippen LogP contribution in [-0.4, -0.2) is 24.3 Å². The fourth-order valence-corrected chi connectivity index (χ4v) is 1.80. The van der Waals surface area contributed by atoms with E-state index in [4.69, 9.17) is 4.74 Å². The number of piperidine rings is 1. The Morgan fingerprint density at radius 3 is 2.73 bits per heavy atom. The molecule has 0 radical (unpaired) electrons. The SMILES string of the molecule is Oc1ccccc1COC1CCNCC1. The molecule has 0 aromatic heterocycles. The first-order valence-corrected chi connectivity index (χ1v) is 5.45. The summed E-state index contributed by atoms with van der Waals surface area (Å²) in [4.78, 5) is 0. The van der Waals surface area contributed by atoms with Gasteiger partial charge < -0.3 is 15.2 Å². The topological polar surface area (TPSA) is 41.5 Å². The van der Waals surface area contributed by atoms with Crippen molar-refractivity contribution in [3.8, 4) is 5.75 Å². The first-order chi connectivity index (χ1) is 7.36. The van der Waals surface area contributed by atoms with Crippen LogP contribution in [0.15, 0.2) is 24.3 Å². The van der Waals surface area contributed by atoms with Gasteiger partial charge in [-0.25, -0.2) is 0 Å². The molecule has 1 aromatic rings. The summed E-state index contributed by atoms with van der Waals surface area (Å²) in [7, 11) is 0. The average Bonchev–Trinajstić information content (AvgIpc) is 2.29. The highest BCUT2D eigenvalue weighted by Gasteiger charge is 2.13. The molecule has 0 saturated carbocycles. The van der Waals surface area contributed by atoms with Crippen LogP contribution in [0.4, 0.5) is 0 Å². The number of benzene rings is 1. The van der Waals surface area contributed by atoms with E-state index in [1.807, 2.05) is 18.2 Å². The van der Waals surface area contributed by atoms with E-state index in [9.17, 15) is 5.11 Å². The van der Waals surface area contributed by atoms with Gasteiger partial charge in [0.15, 0.2) is 0 Å². The maximum Gasteiger partial charge on any atom is 0.121 e. The molecule has 0 bridgehead atoms. The van der Waals surface area contributed by atoms with Gasteiger partial charge in [-0.2, -0.15) is 0 Å². The van der Waals surface area contributed by atoms with E-state index in [1.54, 1.807) is 6.07 Å². The summed E-state index contributed by atoms with van der Waals surface area (Å²) in [5.74, 6) is 0.325. The highest BCUT2D eigenvalue weighted by atomic mass is 16.5. The van der Waals surface area contributed by atoms with Crippen LogP contribution in [0.25, 0.3) is 0 Å². The van der Waals surface area contributed by atoms with Crippen LogP contribution in [0.5, 0.6) is 5.75 Å². The third-order valence-corrected chi connectivity index (χ3v) is 2.75. The molecular formula is C12H17NO2. The van der Waals surface area contributed by atoms with Crippen LogP contribution in [0.1, 0.15) is 18.4 Å². The summed E-state index contributed by atoms with van der Waals surface area (Å²) in [6, 6.07) is 7.34. The van der Waals surface area contributed by atoms with Crippen molar-refractivity contribution in [2.45, 2.75) is 25.6 Å². The van der Waals surface area contributed by atoms with Crippen molar-refractivity contribution in [3.63, 3.8) is 0 Å². The lowest BCUT2D eigenvalue weighted by Crippen LogP contribution is -2.32. The molecule has 2 N–H and O–H groups in total. The van der Waals surface area contributed by atoms with Gasteiger partial charge in [-0.1, -0.05) is 18.2 Å². The summed E-state index contributed by atoms with van der Waals surface area (Å²) in [6.07, 6.45) is 2.46. The zero-order valence-corrected chi connectivity index (χ0v) is 8.78. The summed E-state index contributed by atoms with van der Waals surface area (Å²) < 4.78 is 5.75. The van der Waals surface area contributed by atoms with Gasteiger partial charge in [0.25, 0.3) is 0 Å². The predicted octanol–water partition coefficient (Wildman–Crippen LogP) is 1.66. The lowest BCUT2D eigenvalue weighted by Gasteiger charge is -2.23. The van der Waals surface area contributed by atoms with Crippen LogP contribution >= 0.6 is 0 Å². The maximum absolute atomic E-state index is 9.55. The molecule has 1 aliphatic heterocycles. The molecule has 0 spiro atoms. The first kappa shape index (κ1) is 10.5. The fraction of sp³-hybridized carbons (Fsp3) is 0.500. The van der Waals surface area contributed by atoms with Crippen molar-refractivity contribution < 1.29 is 9.84 Å². The second kappa shape index (κ2) is 5.14. The molecule has 0 atom stereocenters. The Bertz CT molecular complexity index is 308. The Morgan fingerprint density at radius 1 is 1.27 bits per heavy atom. The van der Waals surface area contributed by atoms with Gasteiger partial charge >= 0.3 is 0 Å². The molecule has 1 aromatic carbocycles. The monoisotopic (exact) mass is 207 g/mol. The molecule has 0 aliphatic carbocycles. The van der Waals surface area contributed by atoms with E-state index >= 15 is 0 Å². The number of para-hydroxylation sites is 1. The van der Waals surface area contributed by atoms with Crippen LogP contribution in [0.3, 0.4) is 0 Å². The number of phenols is 1. The molecule has 1 saturated heterocycles. The van der Waals surface area contributed by atoms with Crippen LogP contribution < -0.4 is 5.32 Å². The minimum absolute atomic E-state index is 0.325. The van der Waals surface area contributed by atoms with E-state index in [-0.39, 0.29) is 0 Å². The van der Waals surface area contributed by atoms with E-state index in [0.717, 1.165) is 31.5 Å². The Hall–Kier alpha value is -1.06. The zero-order valence-electron chi connectivity index (χ0n) is 8.78. The normalized spacial score (nSPS) is 17.9. The number of nitrogens with one attached hydrogen (secondary N) is 1. The minimum Gasteiger partial charge on any atom is -0.508 e. The standard InChI is InChI=1S/C12H17NO2/c14-12-4-2-1-3-10(12)9-15-11-5-7-13-8-6-11/h1-4,11,13-14H,5-9H2. The average molecular weight is 207 g/mol. The molecule has 1 fully saturated rings. The number of aromatic hydroxyl groups is 1. The van der Waals surface area contributed by atoms with Gasteiger partial charge in [0.2, 0.25) is 0 Å². The Labute approximate surface area is 90.1 Å². The molecule has 0 amide bonds. The molecule has 82 valence electrons. The summed E-state index contributed by atoms with van der Waals surface area (Å²) in [5, 5.41) is 12.8. The van der Waals surface area contributed by atoms with E-state index in [1.165, 1.54) is 0 Å². The molecule has 15 heavy (non-hydrogen) atoms. The van der Waals surface area contributed by atoms with Gasteiger partial charge in [-0.3, -0.25) is 0 Å². The van der Waals surface area contributed by atoms with E-state index in [0.29, 0.717) is 18.5 Å². The van der Waals surface area contributed by atoms with Crippen molar-refractivity contribution in [2.75, 3.05) is 13.1 Å². The fourth-order valence-electron chi connectivity index (χ4n) is 1.80. The summed E-state index contributed by atoms with van der Waals surface area (Å²) in [5.41, 5.74) is 0.871. The van der Waals surface area contributed by atoms with Gasteiger partial charge in [0.1, 0.15) is 5.75 Å². The van der Waals surface area contributed by atoms with Gasteiger partial charge in [0, 0.05) is 5.56 Å².